The van der Waals surface area contributed by atoms with Crippen molar-refractivity contribution >= 4 is 11.8 Å². The smallest absolute Gasteiger partial charge is 0.214 e. The molecule has 0 amide bonds. The molecule has 52 valence electrons. The van der Waals surface area contributed by atoms with E-state index in [0.717, 1.165) is 0 Å². The molecule has 0 radical (unpaired) electrons. The van der Waals surface area contributed by atoms with Crippen LogP contribution in [0, 0.1) is 11.3 Å². The van der Waals surface area contributed by atoms with E-state index in [1.54, 1.807) is 0 Å². The summed E-state index contributed by atoms with van der Waals surface area (Å²) < 4.78 is 0. The van der Waals surface area contributed by atoms with Crippen LogP contribution in [0.1, 0.15) is 13.8 Å². The maximum atomic E-state index is 6.73. The van der Waals surface area contributed by atoms with Gasteiger partial charge in [0.15, 0.2) is 0 Å². The highest BCUT2D eigenvalue weighted by Gasteiger charge is 1.97. The molecule has 4 heteroatoms. The standard InChI is InChI=1S/C5H12N4/c1-3(2)4(6)9-5(7)8/h3H,1-2H3,(H5,6,7,8,9). The zero-order valence-corrected chi connectivity index (χ0v) is 5.68. The van der Waals surface area contributed by atoms with Crippen LogP contribution in [0.25, 0.3) is 0 Å². The number of aliphatic imine (C=N–C) groups is 1. The van der Waals surface area contributed by atoms with E-state index >= 15 is 0 Å². The molecule has 0 saturated carbocycles. The third-order valence-corrected chi connectivity index (χ3v) is 0.841. The van der Waals surface area contributed by atoms with Gasteiger partial charge in [0.1, 0.15) is 5.84 Å². The summed E-state index contributed by atoms with van der Waals surface area (Å²) in [6.07, 6.45) is 0. The van der Waals surface area contributed by atoms with Crippen LogP contribution in [0.4, 0.5) is 0 Å². The number of amidine groups is 1. The third kappa shape index (κ3) is 3.52. The van der Waals surface area contributed by atoms with E-state index in [9.17, 15) is 0 Å². The molecule has 0 heterocycles. The minimum absolute atomic E-state index is 0.161. The quantitative estimate of drug-likeness (QED) is 0.340. The maximum absolute atomic E-state index is 6.73. The highest BCUT2D eigenvalue weighted by Crippen LogP contribution is 1.89. The summed E-state index contributed by atoms with van der Waals surface area (Å²) in [6.45, 7) is 3.78. The molecule has 0 aromatic rings. The van der Waals surface area contributed by atoms with E-state index < -0.39 is 0 Å². The molecule has 0 saturated heterocycles. The van der Waals surface area contributed by atoms with Crippen molar-refractivity contribution in [3.05, 3.63) is 0 Å². The van der Waals surface area contributed by atoms with Gasteiger partial charge in [-0.3, -0.25) is 5.41 Å². The minimum atomic E-state index is -0.235. The molecule has 0 aliphatic carbocycles. The first-order valence-corrected chi connectivity index (χ1v) is 2.72. The summed E-state index contributed by atoms with van der Waals surface area (Å²) in [5, 5.41) is 6.73. The summed E-state index contributed by atoms with van der Waals surface area (Å²) in [5.74, 6) is 0.331. The summed E-state index contributed by atoms with van der Waals surface area (Å²) in [4.78, 5) is 3.53. The van der Waals surface area contributed by atoms with Crippen LogP contribution in [0.2, 0.25) is 0 Å². The van der Waals surface area contributed by atoms with Crippen LogP contribution >= 0.6 is 0 Å². The van der Waals surface area contributed by atoms with Crippen molar-refractivity contribution in [2.24, 2.45) is 22.4 Å². The number of rotatable bonds is 1. The van der Waals surface area contributed by atoms with Gasteiger partial charge in [-0.25, -0.2) is 4.99 Å². The summed E-state index contributed by atoms with van der Waals surface area (Å²) in [5.41, 5.74) is 10.3. The number of hydrogen-bond acceptors (Lipinski definition) is 1. The maximum Gasteiger partial charge on any atom is 0.214 e. The van der Waals surface area contributed by atoms with Gasteiger partial charge >= 0.3 is 0 Å². The van der Waals surface area contributed by atoms with E-state index in [0.29, 0.717) is 5.84 Å². The Hall–Kier alpha value is -1.06. The molecule has 0 bridgehead atoms. The zero-order chi connectivity index (χ0) is 7.44. The second-order valence-electron chi connectivity index (χ2n) is 2.08. The number of nitrogens with one attached hydrogen (secondary N) is 1. The van der Waals surface area contributed by atoms with E-state index in [-0.39, 0.29) is 11.9 Å². The van der Waals surface area contributed by atoms with Crippen molar-refractivity contribution < 1.29 is 0 Å². The molecule has 0 spiro atoms. The van der Waals surface area contributed by atoms with Crippen molar-refractivity contribution in [2.75, 3.05) is 0 Å². The molecule has 9 heavy (non-hydrogen) atoms. The lowest BCUT2D eigenvalue weighted by atomic mass is 10.2. The predicted octanol–water partition coefficient (Wildman–Crippen LogP) is -0.107. The Bertz CT molecular complexity index is 136. The average molecular weight is 128 g/mol. The van der Waals surface area contributed by atoms with Crippen molar-refractivity contribution in [1.82, 2.24) is 0 Å². The molecule has 5 N–H and O–H groups in total. The van der Waals surface area contributed by atoms with Crippen LogP contribution in [0.15, 0.2) is 4.99 Å². The SMILES string of the molecule is CC(C)/C(N)=N/C(=N)N. The van der Waals surface area contributed by atoms with Gasteiger partial charge < -0.3 is 11.5 Å². The Morgan fingerprint density at radius 3 is 2.00 bits per heavy atom. The topological polar surface area (TPSA) is 88.2 Å². The fraction of sp³-hybridized carbons (Fsp3) is 0.600. The lowest BCUT2D eigenvalue weighted by Gasteiger charge is -2.00. The predicted molar refractivity (Wildman–Crippen MR) is 38.4 cm³/mol. The second-order valence-corrected chi connectivity index (χ2v) is 2.08. The molecule has 0 aromatic heterocycles. The fourth-order valence-corrected chi connectivity index (χ4v) is 0.268. The van der Waals surface area contributed by atoms with E-state index in [1.807, 2.05) is 13.8 Å². The molecular weight excluding hydrogens is 116 g/mol. The highest BCUT2D eigenvalue weighted by atomic mass is 15.0. The molecule has 4 nitrogen and oxygen atoms in total. The Morgan fingerprint density at radius 1 is 1.44 bits per heavy atom. The molecule has 0 atom stereocenters. The summed E-state index contributed by atoms with van der Waals surface area (Å²) in [7, 11) is 0. The highest BCUT2D eigenvalue weighted by molar-refractivity contribution is 5.93. The first-order chi connectivity index (χ1) is 4.04. The monoisotopic (exact) mass is 128 g/mol. The first-order valence-electron chi connectivity index (χ1n) is 2.72. The minimum Gasteiger partial charge on any atom is -0.387 e. The van der Waals surface area contributed by atoms with Gasteiger partial charge in [-0.15, -0.1) is 0 Å². The average Bonchev–Trinajstić information content (AvgIpc) is 1.63. The molecular formula is C5H12N4. The van der Waals surface area contributed by atoms with Crippen molar-refractivity contribution in [3.8, 4) is 0 Å². The number of nitrogens with zero attached hydrogens (tertiary/aromatic N) is 1. The van der Waals surface area contributed by atoms with E-state index in [4.69, 9.17) is 16.9 Å². The Kier molecular flexibility index (Phi) is 2.70. The molecule has 0 fully saturated rings. The van der Waals surface area contributed by atoms with Crippen molar-refractivity contribution in [1.29, 1.82) is 5.41 Å². The van der Waals surface area contributed by atoms with E-state index in [1.165, 1.54) is 0 Å². The third-order valence-electron chi connectivity index (χ3n) is 0.841. The van der Waals surface area contributed by atoms with Gasteiger partial charge in [0.2, 0.25) is 5.96 Å². The largest absolute Gasteiger partial charge is 0.387 e. The van der Waals surface area contributed by atoms with Crippen LogP contribution < -0.4 is 11.5 Å². The van der Waals surface area contributed by atoms with Gasteiger partial charge in [0.05, 0.1) is 0 Å². The number of guanidine groups is 1. The molecule has 0 aliphatic heterocycles. The van der Waals surface area contributed by atoms with Gasteiger partial charge in [0, 0.05) is 5.92 Å². The van der Waals surface area contributed by atoms with Gasteiger partial charge in [-0.1, -0.05) is 13.8 Å². The van der Waals surface area contributed by atoms with Crippen LogP contribution in [-0.2, 0) is 0 Å². The zero-order valence-electron chi connectivity index (χ0n) is 5.68. The second kappa shape index (κ2) is 3.06. The van der Waals surface area contributed by atoms with Crippen LogP contribution in [-0.4, -0.2) is 11.8 Å². The molecule has 0 aromatic carbocycles. The van der Waals surface area contributed by atoms with Gasteiger partial charge in [-0.2, -0.15) is 0 Å². The Balaban J connectivity index is 4.00. The molecule has 0 unspecified atom stereocenters. The van der Waals surface area contributed by atoms with Gasteiger partial charge in [-0.05, 0) is 0 Å². The fourth-order valence-electron chi connectivity index (χ4n) is 0.268. The number of hydrogen-bond donors (Lipinski definition) is 3. The van der Waals surface area contributed by atoms with E-state index in [2.05, 4.69) is 4.99 Å². The van der Waals surface area contributed by atoms with Gasteiger partial charge in [0.25, 0.3) is 0 Å². The lowest BCUT2D eigenvalue weighted by Crippen LogP contribution is -2.22. The Morgan fingerprint density at radius 2 is 1.89 bits per heavy atom. The summed E-state index contributed by atoms with van der Waals surface area (Å²) >= 11 is 0. The summed E-state index contributed by atoms with van der Waals surface area (Å²) in [6, 6.07) is 0. The van der Waals surface area contributed by atoms with Crippen LogP contribution in [0.3, 0.4) is 0 Å². The van der Waals surface area contributed by atoms with Crippen molar-refractivity contribution in [2.45, 2.75) is 13.8 Å². The van der Waals surface area contributed by atoms with Crippen molar-refractivity contribution in [3.63, 3.8) is 0 Å². The van der Waals surface area contributed by atoms with Crippen LogP contribution in [0.5, 0.6) is 0 Å². The number of nitrogens with two attached hydrogens (primary N) is 2. The lowest BCUT2D eigenvalue weighted by molar-refractivity contribution is 0.874. The normalized spacial score (nSPS) is 12.1. The first kappa shape index (κ1) is 7.94. The molecule has 0 rings (SSSR count). The Labute approximate surface area is 54.5 Å². The molecule has 0 aliphatic rings.